The Bertz CT molecular complexity index is 1910. The molecule has 8 nitrogen and oxygen atoms in total. The zero-order chi connectivity index (χ0) is 28.7. The lowest BCUT2D eigenvalue weighted by atomic mass is 10.0. The second kappa shape index (κ2) is 10.6. The number of carbonyl (C=O) groups excluding carboxylic acids is 1. The van der Waals surface area contributed by atoms with Crippen LogP contribution in [-0.4, -0.2) is 53.0 Å². The van der Waals surface area contributed by atoms with Gasteiger partial charge in [0, 0.05) is 32.9 Å². The van der Waals surface area contributed by atoms with Crippen LogP contribution >= 0.6 is 0 Å². The van der Waals surface area contributed by atoms with Crippen LogP contribution in [0.25, 0.3) is 45.1 Å². The predicted octanol–water partition coefficient (Wildman–Crippen LogP) is 5.97. The number of hydrogen-bond donors (Lipinski definition) is 0. The first-order valence-electron chi connectivity index (χ1n) is 14.0. The molecule has 4 aromatic heterocycles. The monoisotopic (exact) mass is 543 g/mol. The van der Waals surface area contributed by atoms with E-state index in [0.717, 1.165) is 57.1 Å². The van der Waals surface area contributed by atoms with E-state index < -0.39 is 0 Å². The van der Waals surface area contributed by atoms with Gasteiger partial charge in [-0.25, -0.2) is 19.9 Å². The van der Waals surface area contributed by atoms with Gasteiger partial charge in [-0.3, -0.25) is 4.79 Å². The predicted molar refractivity (Wildman–Crippen MR) is 163 cm³/mol. The molecular formula is C33H33N7O. The minimum atomic E-state index is -0.0648. The number of hydrogen-bond acceptors (Lipinski definition) is 5. The van der Waals surface area contributed by atoms with Crippen LogP contribution in [0.5, 0.6) is 0 Å². The Morgan fingerprint density at radius 1 is 0.707 bits per heavy atom. The topological polar surface area (TPSA) is 81.7 Å². The summed E-state index contributed by atoms with van der Waals surface area (Å²) in [4.78, 5) is 33.8. The molecule has 8 heteroatoms. The van der Waals surface area contributed by atoms with Crippen molar-refractivity contribution < 1.29 is 4.79 Å². The van der Waals surface area contributed by atoms with E-state index in [2.05, 4.69) is 50.9 Å². The molecule has 41 heavy (non-hydrogen) atoms. The highest BCUT2D eigenvalue weighted by atomic mass is 16.2. The number of benzene rings is 2. The van der Waals surface area contributed by atoms with Crippen molar-refractivity contribution in [3.8, 4) is 23.0 Å². The van der Waals surface area contributed by atoms with Gasteiger partial charge in [0.25, 0.3) is 5.91 Å². The average molecular weight is 544 g/mol. The Labute approximate surface area is 239 Å². The van der Waals surface area contributed by atoms with Gasteiger partial charge < -0.3 is 14.0 Å². The molecule has 0 saturated carbocycles. The Balaban J connectivity index is 1.29. The molecule has 0 bridgehead atoms. The first-order chi connectivity index (χ1) is 19.9. The second-order valence-electron chi connectivity index (χ2n) is 10.4. The molecule has 0 radical (unpaired) electrons. The van der Waals surface area contributed by atoms with E-state index in [1.54, 1.807) is 11.0 Å². The zero-order valence-electron chi connectivity index (χ0n) is 24.1. The van der Waals surface area contributed by atoms with E-state index in [1.807, 2.05) is 69.8 Å². The first-order valence-corrected chi connectivity index (χ1v) is 14.0. The molecule has 0 fully saturated rings. The molecule has 0 aliphatic heterocycles. The normalized spacial score (nSPS) is 11.4. The first kappa shape index (κ1) is 26.4. The van der Waals surface area contributed by atoms with Crippen molar-refractivity contribution >= 4 is 28.0 Å². The number of pyridine rings is 2. The van der Waals surface area contributed by atoms with Crippen LogP contribution in [0.2, 0.25) is 0 Å². The molecule has 0 aliphatic carbocycles. The van der Waals surface area contributed by atoms with Crippen molar-refractivity contribution in [2.75, 3.05) is 13.1 Å². The number of carbonyl (C=O) groups is 1. The zero-order valence-corrected chi connectivity index (χ0v) is 24.1. The third-order valence-electron chi connectivity index (χ3n) is 7.66. The van der Waals surface area contributed by atoms with E-state index in [1.165, 1.54) is 5.56 Å². The maximum atomic E-state index is 12.9. The van der Waals surface area contributed by atoms with Crippen LogP contribution < -0.4 is 0 Å². The lowest BCUT2D eigenvalue weighted by Gasteiger charge is -2.18. The molecule has 4 heterocycles. The molecule has 1 amide bonds. The maximum absolute atomic E-state index is 12.9. The van der Waals surface area contributed by atoms with Crippen LogP contribution in [-0.2, 0) is 20.5 Å². The summed E-state index contributed by atoms with van der Waals surface area (Å²) < 4.78 is 4.13. The summed E-state index contributed by atoms with van der Waals surface area (Å²) >= 11 is 0. The quantitative estimate of drug-likeness (QED) is 0.248. The van der Waals surface area contributed by atoms with Crippen molar-refractivity contribution in [2.24, 2.45) is 14.1 Å². The molecule has 6 aromatic rings. The molecule has 0 atom stereocenters. The molecule has 206 valence electrons. The van der Waals surface area contributed by atoms with Crippen molar-refractivity contribution in [1.82, 2.24) is 34.0 Å². The lowest BCUT2D eigenvalue weighted by Crippen LogP contribution is -2.31. The van der Waals surface area contributed by atoms with Gasteiger partial charge in [0.2, 0.25) is 0 Å². The summed E-state index contributed by atoms with van der Waals surface area (Å²) in [5, 5.41) is 0. The molecule has 0 spiro atoms. The fourth-order valence-electron chi connectivity index (χ4n) is 5.42. The van der Waals surface area contributed by atoms with Gasteiger partial charge in [-0.1, -0.05) is 24.3 Å². The summed E-state index contributed by atoms with van der Waals surface area (Å²) in [6.07, 6.45) is 0.762. The van der Waals surface area contributed by atoms with Gasteiger partial charge in [0.15, 0.2) is 11.6 Å². The summed E-state index contributed by atoms with van der Waals surface area (Å²) in [7, 11) is 4.02. The Hall–Kier alpha value is -4.85. The summed E-state index contributed by atoms with van der Waals surface area (Å²) in [5.41, 5.74) is 9.25. The largest absolute Gasteiger partial charge is 0.338 e. The third kappa shape index (κ3) is 4.86. The highest BCUT2D eigenvalue weighted by Crippen LogP contribution is 2.27. The minimum Gasteiger partial charge on any atom is -0.338 e. The number of nitrogens with zero attached hydrogens (tertiary/aromatic N) is 7. The number of fused-ring (bicyclic) bond motifs is 2. The van der Waals surface area contributed by atoms with Crippen molar-refractivity contribution in [3.05, 3.63) is 95.3 Å². The van der Waals surface area contributed by atoms with Crippen LogP contribution in [0.15, 0.2) is 72.8 Å². The van der Waals surface area contributed by atoms with Gasteiger partial charge in [0.05, 0.1) is 22.1 Å². The van der Waals surface area contributed by atoms with E-state index in [0.29, 0.717) is 24.5 Å². The Morgan fingerprint density at radius 2 is 1.24 bits per heavy atom. The minimum absolute atomic E-state index is 0.0648. The van der Waals surface area contributed by atoms with E-state index in [9.17, 15) is 4.79 Å². The summed E-state index contributed by atoms with van der Waals surface area (Å²) in [6.45, 7) is 7.24. The molecule has 2 aromatic carbocycles. The Kier molecular flexibility index (Phi) is 6.83. The smallest absolute Gasteiger partial charge is 0.272 e. The van der Waals surface area contributed by atoms with Crippen LogP contribution in [0.4, 0.5) is 0 Å². The maximum Gasteiger partial charge on any atom is 0.272 e. The number of aromatic nitrogens is 6. The number of amides is 1. The number of imidazole rings is 2. The second-order valence-corrected chi connectivity index (χ2v) is 10.4. The third-order valence-corrected chi connectivity index (χ3v) is 7.66. The van der Waals surface area contributed by atoms with E-state index in [-0.39, 0.29) is 5.91 Å². The molecular weight excluding hydrogens is 510 g/mol. The Morgan fingerprint density at radius 3 is 1.78 bits per heavy atom. The SMILES string of the molecule is CCN(CC)C(=O)c1cccc(-c2nc3cc(Cc4ccc5c(c4)nc(-c4cccc(C)n4)n5C)ccc3n2C)n1. The van der Waals surface area contributed by atoms with Crippen LogP contribution in [0.3, 0.4) is 0 Å². The van der Waals surface area contributed by atoms with Gasteiger partial charge >= 0.3 is 0 Å². The van der Waals surface area contributed by atoms with Gasteiger partial charge in [0.1, 0.15) is 17.1 Å². The highest BCUT2D eigenvalue weighted by Gasteiger charge is 2.18. The molecule has 6 rings (SSSR count). The molecule has 0 N–H and O–H groups in total. The molecule has 0 aliphatic rings. The molecule has 0 unspecified atom stereocenters. The van der Waals surface area contributed by atoms with Crippen molar-refractivity contribution in [1.29, 1.82) is 0 Å². The van der Waals surface area contributed by atoms with Crippen LogP contribution in [0.1, 0.15) is 41.2 Å². The fourth-order valence-corrected chi connectivity index (χ4v) is 5.42. The summed E-state index contributed by atoms with van der Waals surface area (Å²) in [5.74, 6) is 1.53. The number of aryl methyl sites for hydroxylation is 3. The average Bonchev–Trinajstić information content (AvgIpc) is 3.49. The standard InChI is InChI=1S/C33H33N7O/c1-6-40(7-2)33(41)26-13-9-12-25(35-26)32-37-28-20-23(15-17-30(28)39(32)5)18-22-14-16-29-27(19-22)36-31(38(29)4)24-11-8-10-21(3)34-24/h8-17,19-20H,6-7,18H2,1-5H3. The van der Waals surface area contributed by atoms with Gasteiger partial charge in [-0.2, -0.15) is 0 Å². The van der Waals surface area contributed by atoms with E-state index in [4.69, 9.17) is 9.97 Å². The fraction of sp³-hybridized carbons (Fsp3) is 0.242. The summed E-state index contributed by atoms with van der Waals surface area (Å²) in [6, 6.07) is 24.4. The van der Waals surface area contributed by atoms with Crippen molar-refractivity contribution in [2.45, 2.75) is 27.2 Å². The van der Waals surface area contributed by atoms with E-state index >= 15 is 0 Å². The lowest BCUT2D eigenvalue weighted by molar-refractivity contribution is 0.0767. The highest BCUT2D eigenvalue weighted by molar-refractivity contribution is 5.93. The van der Waals surface area contributed by atoms with Crippen molar-refractivity contribution in [3.63, 3.8) is 0 Å². The van der Waals surface area contributed by atoms with Gasteiger partial charge in [-0.15, -0.1) is 0 Å². The molecule has 0 saturated heterocycles. The van der Waals surface area contributed by atoms with Crippen LogP contribution in [0, 0.1) is 6.92 Å². The number of rotatable bonds is 7. The van der Waals surface area contributed by atoms with Gasteiger partial charge in [-0.05, 0) is 86.8 Å².